The van der Waals surface area contributed by atoms with Crippen molar-refractivity contribution in [1.82, 2.24) is 0 Å². The van der Waals surface area contributed by atoms with Gasteiger partial charge in [0, 0.05) is 0 Å². The number of rotatable bonds is 2. The van der Waals surface area contributed by atoms with Gasteiger partial charge in [-0.15, -0.1) is 0 Å². The molecule has 0 fully saturated rings. The number of nitrogens with one attached hydrogen (secondary N) is 1. The molecule has 0 atom stereocenters. The van der Waals surface area contributed by atoms with Crippen molar-refractivity contribution in [2.24, 2.45) is 0 Å². The Labute approximate surface area is 94.0 Å². The number of hydrogen-bond donors (Lipinski definition) is 2. The summed E-state index contributed by atoms with van der Waals surface area (Å²) in [5.41, 5.74) is 0.421. The van der Waals surface area contributed by atoms with Crippen LogP contribution >= 0.6 is 0 Å². The first-order valence-corrected chi connectivity index (χ1v) is 4.61. The highest BCUT2D eigenvalue weighted by Gasteiger charge is 2.46. The van der Waals surface area contributed by atoms with Crippen LogP contribution < -0.4 is 10.1 Å². The van der Waals surface area contributed by atoms with Crippen LogP contribution in [0.2, 0.25) is 0 Å². The second-order valence-electron chi connectivity index (χ2n) is 3.47. The van der Waals surface area contributed by atoms with Gasteiger partial charge in [0.1, 0.15) is 0 Å². The number of fused-ring (bicyclic) bond motifs is 1. The average Bonchev–Trinajstić information content (AvgIpc) is 2.19. The van der Waals surface area contributed by atoms with E-state index in [9.17, 15) is 18.4 Å². The van der Waals surface area contributed by atoms with E-state index in [0.717, 1.165) is 0 Å². The molecule has 0 unspecified atom stereocenters. The maximum Gasteiger partial charge on any atom is 0.482 e. The minimum absolute atomic E-state index is 0.0414. The molecule has 0 bridgehead atoms. The van der Waals surface area contributed by atoms with E-state index < -0.39 is 18.0 Å². The fraction of sp³-hybridized carbons (Fsp3) is 0.200. The van der Waals surface area contributed by atoms with Gasteiger partial charge in [-0.05, 0) is 17.7 Å². The van der Waals surface area contributed by atoms with E-state index >= 15 is 0 Å². The minimum Gasteiger partial charge on any atom is -0.481 e. The number of carboxylic acids is 1. The predicted octanol–water partition coefficient (Wildman–Crippen LogP) is 1.24. The lowest BCUT2D eigenvalue weighted by atomic mass is 10.1. The van der Waals surface area contributed by atoms with Gasteiger partial charge < -0.3 is 15.2 Å². The number of carboxylic acid groups (broad SMARTS) is 1. The zero-order valence-corrected chi connectivity index (χ0v) is 8.37. The van der Waals surface area contributed by atoms with Crippen LogP contribution in [0.3, 0.4) is 0 Å². The largest absolute Gasteiger partial charge is 0.482 e. The number of hydrogen-bond acceptors (Lipinski definition) is 3. The molecule has 0 spiro atoms. The number of carbonyl (C=O) groups excluding carboxylic acids is 1. The normalized spacial score (nSPS) is 16.7. The second-order valence-corrected chi connectivity index (χ2v) is 3.47. The highest BCUT2D eigenvalue weighted by molar-refractivity contribution is 5.98. The molecule has 0 saturated carbocycles. The molecule has 5 nitrogen and oxygen atoms in total. The molecule has 0 saturated heterocycles. The molecule has 1 heterocycles. The standard InChI is InChI=1S/C10H7F2NO4/c11-10(12)9(16)13-6-3-5(4-8(14)15)1-2-7(6)17-10/h1-3H,4H2,(H,13,16)(H,14,15). The number of halogens is 2. The maximum absolute atomic E-state index is 12.9. The number of ether oxygens (including phenoxy) is 1. The molecule has 1 aliphatic heterocycles. The first kappa shape index (κ1) is 11.3. The highest BCUT2D eigenvalue weighted by atomic mass is 19.3. The Hall–Kier alpha value is -2.18. The van der Waals surface area contributed by atoms with Crippen LogP contribution in [0.1, 0.15) is 5.56 Å². The van der Waals surface area contributed by atoms with E-state index in [0.29, 0.717) is 5.56 Å². The van der Waals surface area contributed by atoms with Crippen LogP contribution in [0, 0.1) is 0 Å². The molecule has 0 radical (unpaired) electrons. The first-order valence-electron chi connectivity index (χ1n) is 4.61. The number of anilines is 1. The molecule has 1 aliphatic rings. The van der Waals surface area contributed by atoms with Crippen LogP contribution in [0.4, 0.5) is 14.5 Å². The molecule has 17 heavy (non-hydrogen) atoms. The Balaban J connectivity index is 2.32. The monoisotopic (exact) mass is 243 g/mol. The van der Waals surface area contributed by atoms with Gasteiger partial charge in [0.25, 0.3) is 0 Å². The summed E-state index contributed by atoms with van der Waals surface area (Å²) in [6.07, 6.45) is -4.17. The van der Waals surface area contributed by atoms with Gasteiger partial charge in [0.15, 0.2) is 5.75 Å². The minimum atomic E-state index is -3.90. The van der Waals surface area contributed by atoms with E-state index in [1.54, 1.807) is 0 Å². The number of aliphatic carboxylic acids is 1. The summed E-state index contributed by atoms with van der Waals surface area (Å²) in [5, 5.41) is 10.5. The number of carbonyl (C=O) groups is 2. The third kappa shape index (κ3) is 2.17. The molecule has 90 valence electrons. The van der Waals surface area contributed by atoms with Crippen molar-refractivity contribution in [1.29, 1.82) is 0 Å². The van der Waals surface area contributed by atoms with Crippen molar-refractivity contribution in [3.63, 3.8) is 0 Å². The summed E-state index contributed by atoms with van der Waals surface area (Å²) in [5.74, 6) is -2.82. The summed E-state index contributed by atoms with van der Waals surface area (Å²) in [7, 11) is 0. The van der Waals surface area contributed by atoms with E-state index in [4.69, 9.17) is 5.11 Å². The van der Waals surface area contributed by atoms with Gasteiger partial charge in [-0.2, -0.15) is 8.78 Å². The molecule has 1 amide bonds. The lowest BCUT2D eigenvalue weighted by molar-refractivity contribution is -0.189. The van der Waals surface area contributed by atoms with E-state index in [1.807, 2.05) is 5.32 Å². The van der Waals surface area contributed by atoms with Gasteiger partial charge >= 0.3 is 18.0 Å². The predicted molar refractivity (Wildman–Crippen MR) is 52.0 cm³/mol. The van der Waals surface area contributed by atoms with Crippen LogP contribution in [-0.4, -0.2) is 23.1 Å². The number of amides is 1. The van der Waals surface area contributed by atoms with Gasteiger partial charge in [0.2, 0.25) is 0 Å². The van der Waals surface area contributed by atoms with Gasteiger partial charge in [-0.1, -0.05) is 6.07 Å². The van der Waals surface area contributed by atoms with Crippen molar-refractivity contribution < 1.29 is 28.2 Å². The van der Waals surface area contributed by atoms with Crippen molar-refractivity contribution >= 4 is 17.6 Å². The summed E-state index contributed by atoms with van der Waals surface area (Å²) in [4.78, 5) is 21.4. The van der Waals surface area contributed by atoms with Crippen LogP contribution in [0.15, 0.2) is 18.2 Å². The topological polar surface area (TPSA) is 75.6 Å². The SMILES string of the molecule is O=C(O)Cc1ccc2c(c1)NC(=O)C(F)(F)O2. The van der Waals surface area contributed by atoms with E-state index in [1.165, 1.54) is 18.2 Å². The van der Waals surface area contributed by atoms with Gasteiger partial charge in [-0.3, -0.25) is 9.59 Å². The zero-order chi connectivity index (χ0) is 12.6. The lowest BCUT2D eigenvalue weighted by Gasteiger charge is -2.24. The van der Waals surface area contributed by atoms with Crippen molar-refractivity contribution in [3.8, 4) is 5.75 Å². The number of benzene rings is 1. The summed E-state index contributed by atoms with van der Waals surface area (Å²) in [6, 6.07) is 3.83. The molecule has 7 heteroatoms. The molecule has 1 aromatic rings. The van der Waals surface area contributed by atoms with Crippen molar-refractivity contribution in [2.45, 2.75) is 12.5 Å². The summed E-state index contributed by atoms with van der Waals surface area (Å²) >= 11 is 0. The molecule has 2 rings (SSSR count). The quantitative estimate of drug-likeness (QED) is 0.819. The Morgan fingerprint density at radius 3 is 2.82 bits per heavy atom. The van der Waals surface area contributed by atoms with Crippen LogP contribution in [0.5, 0.6) is 5.75 Å². The molecular weight excluding hydrogens is 236 g/mol. The Morgan fingerprint density at radius 1 is 1.47 bits per heavy atom. The Bertz CT molecular complexity index is 501. The van der Waals surface area contributed by atoms with E-state index in [-0.39, 0.29) is 17.9 Å². The molecule has 1 aromatic carbocycles. The molecule has 2 N–H and O–H groups in total. The van der Waals surface area contributed by atoms with Crippen LogP contribution in [-0.2, 0) is 16.0 Å². The zero-order valence-electron chi connectivity index (χ0n) is 8.37. The number of alkyl halides is 2. The maximum atomic E-state index is 12.9. The third-order valence-electron chi connectivity index (χ3n) is 2.15. The fourth-order valence-corrected chi connectivity index (χ4v) is 1.43. The summed E-state index contributed by atoms with van der Waals surface area (Å²) < 4.78 is 29.9. The first-order chi connectivity index (χ1) is 7.88. The molecule has 0 aromatic heterocycles. The molecular formula is C10H7F2NO4. The van der Waals surface area contributed by atoms with Crippen molar-refractivity contribution in [2.75, 3.05) is 5.32 Å². The van der Waals surface area contributed by atoms with Crippen LogP contribution in [0.25, 0.3) is 0 Å². The van der Waals surface area contributed by atoms with E-state index in [2.05, 4.69) is 4.74 Å². The summed E-state index contributed by atoms with van der Waals surface area (Å²) in [6.45, 7) is 0. The Kier molecular flexibility index (Phi) is 2.45. The van der Waals surface area contributed by atoms with Gasteiger partial charge in [0.05, 0.1) is 12.1 Å². The molecule has 0 aliphatic carbocycles. The smallest absolute Gasteiger partial charge is 0.481 e. The lowest BCUT2D eigenvalue weighted by Crippen LogP contribution is -2.43. The third-order valence-corrected chi connectivity index (χ3v) is 2.15. The Morgan fingerprint density at radius 2 is 2.18 bits per heavy atom. The fourth-order valence-electron chi connectivity index (χ4n) is 1.43. The average molecular weight is 243 g/mol. The van der Waals surface area contributed by atoms with Gasteiger partial charge in [-0.25, -0.2) is 0 Å². The second kappa shape index (κ2) is 3.69. The highest BCUT2D eigenvalue weighted by Crippen LogP contribution is 2.35. The van der Waals surface area contributed by atoms with Crippen molar-refractivity contribution in [3.05, 3.63) is 23.8 Å².